The normalized spacial score (nSPS) is 25.9. The molecule has 1 saturated heterocycles. The summed E-state index contributed by atoms with van der Waals surface area (Å²) in [6.07, 6.45) is -2.42. The Balaban J connectivity index is 2.11. The molecule has 1 aliphatic heterocycles. The van der Waals surface area contributed by atoms with Crippen molar-refractivity contribution in [3.63, 3.8) is 0 Å². The topological polar surface area (TPSA) is 24.1 Å². The minimum atomic E-state index is -4.23. The summed E-state index contributed by atoms with van der Waals surface area (Å²) in [7, 11) is 0. The summed E-state index contributed by atoms with van der Waals surface area (Å²) in [6.45, 7) is 0.827. The lowest BCUT2D eigenvalue weighted by Crippen LogP contribution is -2.41. The molecule has 0 aromatic carbocycles. The predicted octanol–water partition coefficient (Wildman–Crippen LogP) is 0.848. The van der Waals surface area contributed by atoms with Gasteiger partial charge in [-0.05, 0) is 19.4 Å². The second kappa shape index (κ2) is 3.40. The maximum Gasteiger partial charge on any atom is 0.457 e. The Morgan fingerprint density at radius 2 is 2.18 bits per heavy atom. The van der Waals surface area contributed by atoms with Gasteiger partial charge in [-0.3, -0.25) is 0 Å². The molecule has 0 bridgehead atoms. The molecule has 0 aromatic rings. The van der Waals surface area contributed by atoms with Crippen molar-refractivity contribution in [1.29, 1.82) is 0 Å². The van der Waals surface area contributed by atoms with E-state index in [0.29, 0.717) is 0 Å². The van der Waals surface area contributed by atoms with Crippen molar-refractivity contribution in [2.24, 2.45) is 0 Å². The predicted molar refractivity (Wildman–Crippen MR) is 35.1 cm³/mol. The van der Waals surface area contributed by atoms with Crippen molar-refractivity contribution in [2.45, 2.75) is 25.2 Å². The van der Waals surface area contributed by atoms with Crippen LogP contribution in [0.2, 0.25) is 0 Å². The first kappa shape index (κ1) is 8.80. The van der Waals surface area contributed by atoms with Gasteiger partial charge in [0.15, 0.2) is 0 Å². The van der Waals surface area contributed by atoms with Gasteiger partial charge in [-0.1, -0.05) is 0 Å². The van der Waals surface area contributed by atoms with Crippen LogP contribution < -0.4 is 10.6 Å². The maximum absolute atomic E-state index is 11.6. The van der Waals surface area contributed by atoms with E-state index in [9.17, 15) is 13.2 Å². The maximum atomic E-state index is 11.6. The Labute approximate surface area is 63.2 Å². The fraction of sp³-hybridized carbons (Fsp3) is 1.00. The molecule has 2 nitrogen and oxygen atoms in total. The quantitative estimate of drug-likeness (QED) is 0.597. The number of hydrogen-bond acceptors (Lipinski definition) is 2. The minimum absolute atomic E-state index is 0.00313. The Hall–Kier alpha value is -0.290. The van der Waals surface area contributed by atoms with Crippen LogP contribution in [0.3, 0.4) is 0 Å². The molecule has 66 valence electrons. The molecule has 0 amide bonds. The van der Waals surface area contributed by atoms with E-state index in [4.69, 9.17) is 0 Å². The monoisotopic (exact) mass is 168 g/mol. The molecule has 11 heavy (non-hydrogen) atoms. The lowest BCUT2D eigenvalue weighted by molar-refractivity contribution is -0.157. The fourth-order valence-electron chi connectivity index (χ4n) is 1.17. The first-order valence-corrected chi connectivity index (χ1v) is 3.63. The van der Waals surface area contributed by atoms with Crippen LogP contribution in [0.4, 0.5) is 13.2 Å². The summed E-state index contributed by atoms with van der Waals surface area (Å²) in [4.78, 5) is 0. The van der Waals surface area contributed by atoms with Crippen molar-refractivity contribution in [3.8, 4) is 0 Å². The zero-order chi connectivity index (χ0) is 8.32. The minimum Gasteiger partial charge on any atom is -0.313 e. The molecule has 0 aliphatic carbocycles. The van der Waals surface area contributed by atoms with Gasteiger partial charge in [0.2, 0.25) is 0 Å². The van der Waals surface area contributed by atoms with Gasteiger partial charge in [-0.2, -0.15) is 13.2 Å². The smallest absolute Gasteiger partial charge is 0.313 e. The van der Waals surface area contributed by atoms with Crippen LogP contribution in [0.15, 0.2) is 0 Å². The van der Waals surface area contributed by atoms with E-state index in [1.807, 2.05) is 0 Å². The summed E-state index contributed by atoms with van der Waals surface area (Å²) in [5.41, 5.74) is 0. The Morgan fingerprint density at radius 1 is 1.45 bits per heavy atom. The van der Waals surface area contributed by atoms with E-state index in [0.717, 1.165) is 19.4 Å². The van der Waals surface area contributed by atoms with E-state index >= 15 is 0 Å². The second-order valence-electron chi connectivity index (χ2n) is 2.67. The summed E-state index contributed by atoms with van der Waals surface area (Å²) in [6, 6.07) is -0.00313. The van der Waals surface area contributed by atoms with Crippen LogP contribution in [-0.4, -0.2) is 25.4 Å². The zero-order valence-corrected chi connectivity index (χ0v) is 6.04. The number of rotatable bonds is 2. The van der Waals surface area contributed by atoms with Gasteiger partial charge >= 0.3 is 6.30 Å². The lowest BCUT2D eigenvalue weighted by atomic mass is 10.2. The molecule has 1 rings (SSSR count). The van der Waals surface area contributed by atoms with E-state index in [-0.39, 0.29) is 12.6 Å². The van der Waals surface area contributed by atoms with E-state index < -0.39 is 6.30 Å². The second-order valence-corrected chi connectivity index (χ2v) is 2.67. The highest BCUT2D eigenvalue weighted by molar-refractivity contribution is 4.76. The van der Waals surface area contributed by atoms with Gasteiger partial charge in [0.05, 0.1) is 0 Å². The molecule has 1 fully saturated rings. The molecular weight excluding hydrogens is 157 g/mol. The highest BCUT2D eigenvalue weighted by atomic mass is 19.4. The van der Waals surface area contributed by atoms with Gasteiger partial charge in [0.25, 0.3) is 0 Å². The van der Waals surface area contributed by atoms with Crippen LogP contribution >= 0.6 is 0 Å². The van der Waals surface area contributed by atoms with Gasteiger partial charge in [-0.15, -0.1) is 0 Å². The van der Waals surface area contributed by atoms with E-state index in [1.165, 1.54) is 5.32 Å². The first-order chi connectivity index (χ1) is 5.08. The molecule has 1 heterocycles. The molecule has 0 radical (unpaired) electrons. The van der Waals surface area contributed by atoms with Crippen molar-refractivity contribution in [3.05, 3.63) is 0 Å². The summed E-state index contributed by atoms with van der Waals surface area (Å²) in [5.74, 6) is 0. The van der Waals surface area contributed by atoms with Crippen LogP contribution in [0.25, 0.3) is 0 Å². The molecule has 1 unspecified atom stereocenters. The zero-order valence-electron chi connectivity index (χ0n) is 6.04. The van der Waals surface area contributed by atoms with Crippen molar-refractivity contribution in [2.75, 3.05) is 13.1 Å². The van der Waals surface area contributed by atoms with Crippen molar-refractivity contribution >= 4 is 0 Å². The third-order valence-corrected chi connectivity index (χ3v) is 1.71. The van der Waals surface area contributed by atoms with Crippen molar-refractivity contribution in [1.82, 2.24) is 10.6 Å². The molecule has 1 atom stereocenters. The Bertz CT molecular complexity index is 117. The summed E-state index contributed by atoms with van der Waals surface area (Å²) in [5, 5.41) is 4.47. The molecular formula is C6H11F3N2. The van der Waals surface area contributed by atoms with E-state index in [1.54, 1.807) is 0 Å². The van der Waals surface area contributed by atoms with Crippen LogP contribution in [0.5, 0.6) is 0 Å². The molecule has 0 saturated carbocycles. The highest BCUT2D eigenvalue weighted by Gasteiger charge is 2.28. The number of nitrogens with one attached hydrogen (secondary N) is 2. The van der Waals surface area contributed by atoms with Crippen LogP contribution in [0, 0.1) is 0 Å². The molecule has 5 heteroatoms. The van der Waals surface area contributed by atoms with Gasteiger partial charge in [0.1, 0.15) is 0 Å². The highest BCUT2D eigenvalue weighted by Crippen LogP contribution is 2.11. The summed E-state index contributed by atoms with van der Waals surface area (Å²) >= 11 is 0. The molecule has 0 aromatic heterocycles. The molecule has 1 aliphatic rings. The number of hydrogen-bond donors (Lipinski definition) is 2. The summed E-state index contributed by atoms with van der Waals surface area (Å²) < 4.78 is 34.7. The molecule has 2 N–H and O–H groups in total. The third kappa shape index (κ3) is 3.57. The van der Waals surface area contributed by atoms with Crippen molar-refractivity contribution < 1.29 is 13.2 Å². The number of alkyl halides is 3. The fourth-order valence-corrected chi connectivity index (χ4v) is 1.17. The van der Waals surface area contributed by atoms with Gasteiger partial charge in [0, 0.05) is 12.6 Å². The third-order valence-electron chi connectivity index (χ3n) is 1.71. The average molecular weight is 168 g/mol. The first-order valence-electron chi connectivity index (χ1n) is 3.63. The van der Waals surface area contributed by atoms with Crippen LogP contribution in [-0.2, 0) is 0 Å². The van der Waals surface area contributed by atoms with E-state index in [2.05, 4.69) is 5.32 Å². The number of halogens is 3. The van der Waals surface area contributed by atoms with Gasteiger partial charge in [-0.25, -0.2) is 5.32 Å². The molecule has 0 spiro atoms. The SMILES string of the molecule is FC(F)(F)NCC1CCCN1. The van der Waals surface area contributed by atoms with Crippen LogP contribution in [0.1, 0.15) is 12.8 Å². The van der Waals surface area contributed by atoms with Gasteiger partial charge < -0.3 is 5.32 Å². The average Bonchev–Trinajstić information content (AvgIpc) is 2.32. The largest absolute Gasteiger partial charge is 0.457 e. The standard InChI is InChI=1S/C6H11F3N2/c7-6(8,9)11-4-5-2-1-3-10-5/h5,10-11H,1-4H2. The lowest BCUT2D eigenvalue weighted by Gasteiger charge is -2.13. The Morgan fingerprint density at radius 3 is 2.64 bits per heavy atom. The Kier molecular flexibility index (Phi) is 2.72.